The van der Waals surface area contributed by atoms with Crippen LogP contribution in [0.25, 0.3) is 27.9 Å². The number of fused-ring (bicyclic) bond motifs is 1. The van der Waals surface area contributed by atoms with E-state index in [1.165, 1.54) is 0 Å². The van der Waals surface area contributed by atoms with Crippen molar-refractivity contribution >= 4 is 22.3 Å². The number of rotatable bonds is 3. The topological polar surface area (TPSA) is 70.9 Å². The van der Waals surface area contributed by atoms with Crippen LogP contribution in [0.5, 0.6) is 0 Å². The Bertz CT molecular complexity index is 1020. The highest BCUT2D eigenvalue weighted by molar-refractivity contribution is 5.94. The first-order valence-electron chi connectivity index (χ1n) is 8.58. The minimum atomic E-state index is -0.766. The molecule has 5 nitrogen and oxygen atoms in total. The number of hydrogen-bond donors (Lipinski definition) is 2. The zero-order valence-electron chi connectivity index (χ0n) is 14.8. The van der Waals surface area contributed by atoms with Gasteiger partial charge in [0.2, 0.25) is 0 Å². The predicted octanol–water partition coefficient (Wildman–Crippen LogP) is 3.83. The second-order valence-electron chi connectivity index (χ2n) is 6.67. The van der Waals surface area contributed by atoms with Crippen LogP contribution in [0.2, 0.25) is 0 Å². The zero-order chi connectivity index (χ0) is 18.1. The summed E-state index contributed by atoms with van der Waals surface area (Å²) in [7, 11) is 1.86. The molecule has 0 saturated carbocycles. The third-order valence-corrected chi connectivity index (χ3v) is 4.54. The fourth-order valence-electron chi connectivity index (χ4n) is 3.06. The number of aromatic nitrogens is 3. The summed E-state index contributed by atoms with van der Waals surface area (Å²) < 4.78 is 0. The van der Waals surface area contributed by atoms with Gasteiger partial charge in [0.25, 0.3) is 0 Å². The van der Waals surface area contributed by atoms with Crippen LogP contribution in [-0.2, 0) is 0 Å². The minimum absolute atomic E-state index is 0.603. The van der Waals surface area contributed by atoms with Crippen molar-refractivity contribution in [3.8, 4) is 11.4 Å². The van der Waals surface area contributed by atoms with Gasteiger partial charge in [0, 0.05) is 30.4 Å². The van der Waals surface area contributed by atoms with E-state index in [2.05, 4.69) is 33.5 Å². The number of nitrogens with one attached hydrogen (secondary N) is 1. The first-order valence-corrected chi connectivity index (χ1v) is 8.58. The Labute approximate surface area is 152 Å². The number of allylic oxidation sites excluding steroid dienone is 2. The van der Waals surface area contributed by atoms with Crippen molar-refractivity contribution in [1.29, 1.82) is 0 Å². The molecule has 0 saturated heterocycles. The number of anilines is 1. The molecular formula is C21H20N4O. The van der Waals surface area contributed by atoms with Gasteiger partial charge >= 0.3 is 0 Å². The maximum Gasteiger partial charge on any atom is 0.163 e. The van der Waals surface area contributed by atoms with E-state index in [1.807, 2.05) is 44.3 Å². The monoisotopic (exact) mass is 344 g/mol. The van der Waals surface area contributed by atoms with Gasteiger partial charge < -0.3 is 10.4 Å². The Balaban J connectivity index is 1.80. The van der Waals surface area contributed by atoms with Gasteiger partial charge in [-0.3, -0.25) is 4.98 Å². The summed E-state index contributed by atoms with van der Waals surface area (Å²) in [6.45, 7) is 1.81. The molecule has 0 bridgehead atoms. The van der Waals surface area contributed by atoms with Crippen LogP contribution in [-0.4, -0.2) is 32.7 Å². The summed E-state index contributed by atoms with van der Waals surface area (Å²) in [5, 5.41) is 14.2. The van der Waals surface area contributed by atoms with Crippen molar-refractivity contribution in [3.05, 3.63) is 66.5 Å². The molecule has 0 amide bonds. The van der Waals surface area contributed by atoms with Gasteiger partial charge in [-0.25, -0.2) is 9.97 Å². The van der Waals surface area contributed by atoms with Gasteiger partial charge in [0.15, 0.2) is 5.82 Å². The highest BCUT2D eigenvalue weighted by Crippen LogP contribution is 2.31. The number of benzene rings is 1. The largest absolute Gasteiger partial charge is 0.386 e. The fraction of sp³-hybridized carbons (Fsp3) is 0.190. The molecule has 1 aromatic carbocycles. The van der Waals surface area contributed by atoms with Crippen molar-refractivity contribution in [2.24, 2.45) is 0 Å². The molecule has 4 rings (SSSR count). The van der Waals surface area contributed by atoms with Crippen LogP contribution in [0, 0.1) is 0 Å². The summed E-state index contributed by atoms with van der Waals surface area (Å²) in [5.41, 5.74) is 3.17. The molecule has 1 aliphatic carbocycles. The van der Waals surface area contributed by atoms with Gasteiger partial charge in [0.1, 0.15) is 5.82 Å². The Morgan fingerprint density at radius 1 is 1.15 bits per heavy atom. The van der Waals surface area contributed by atoms with Crippen molar-refractivity contribution < 1.29 is 5.11 Å². The lowest BCUT2D eigenvalue weighted by atomic mass is 9.90. The molecule has 3 aromatic rings. The number of aliphatic hydroxyl groups is 1. The Hall–Kier alpha value is -3.05. The van der Waals surface area contributed by atoms with Gasteiger partial charge in [-0.15, -0.1) is 0 Å². The second-order valence-corrected chi connectivity index (χ2v) is 6.67. The average molecular weight is 344 g/mol. The Morgan fingerprint density at radius 3 is 2.73 bits per heavy atom. The molecule has 0 aliphatic heterocycles. The SMILES string of the molecule is CNc1nc(-c2cccnc2)nc2ccc(C3=CCC(C)(O)C=C3)cc12. The van der Waals surface area contributed by atoms with Crippen molar-refractivity contribution in [2.75, 3.05) is 12.4 Å². The van der Waals surface area contributed by atoms with Crippen molar-refractivity contribution in [2.45, 2.75) is 18.9 Å². The molecule has 2 N–H and O–H groups in total. The molecule has 0 radical (unpaired) electrons. The van der Waals surface area contributed by atoms with E-state index in [-0.39, 0.29) is 0 Å². The minimum Gasteiger partial charge on any atom is -0.386 e. The number of hydrogen-bond acceptors (Lipinski definition) is 5. The number of nitrogens with zero attached hydrogens (tertiary/aromatic N) is 3. The van der Waals surface area contributed by atoms with E-state index >= 15 is 0 Å². The van der Waals surface area contributed by atoms with Crippen molar-refractivity contribution in [3.63, 3.8) is 0 Å². The predicted molar refractivity (Wildman–Crippen MR) is 105 cm³/mol. The molecule has 1 atom stereocenters. The Morgan fingerprint density at radius 2 is 2.04 bits per heavy atom. The summed E-state index contributed by atoms with van der Waals surface area (Å²) in [6.07, 6.45) is 9.97. The highest BCUT2D eigenvalue weighted by atomic mass is 16.3. The maximum absolute atomic E-state index is 10.1. The summed E-state index contributed by atoms with van der Waals surface area (Å²) in [4.78, 5) is 13.5. The molecule has 5 heteroatoms. The normalized spacial score (nSPS) is 19.4. The molecule has 2 aromatic heterocycles. The fourth-order valence-corrected chi connectivity index (χ4v) is 3.06. The molecule has 0 spiro atoms. The average Bonchev–Trinajstić information content (AvgIpc) is 2.67. The molecular weight excluding hydrogens is 324 g/mol. The zero-order valence-corrected chi connectivity index (χ0v) is 14.8. The maximum atomic E-state index is 10.1. The molecule has 1 unspecified atom stereocenters. The van der Waals surface area contributed by atoms with E-state index in [1.54, 1.807) is 12.4 Å². The van der Waals surface area contributed by atoms with E-state index in [0.717, 1.165) is 33.4 Å². The first kappa shape index (κ1) is 16.4. The third kappa shape index (κ3) is 3.09. The van der Waals surface area contributed by atoms with Gasteiger partial charge in [-0.05, 0) is 48.7 Å². The van der Waals surface area contributed by atoms with Crippen LogP contribution in [0.3, 0.4) is 0 Å². The van der Waals surface area contributed by atoms with E-state index in [0.29, 0.717) is 12.2 Å². The van der Waals surface area contributed by atoms with Crippen LogP contribution in [0.15, 0.2) is 61.0 Å². The quantitative estimate of drug-likeness (QED) is 0.756. The molecule has 2 heterocycles. The van der Waals surface area contributed by atoms with Gasteiger partial charge in [-0.1, -0.05) is 24.3 Å². The summed E-state index contributed by atoms with van der Waals surface area (Å²) in [5.74, 6) is 1.43. The molecule has 26 heavy (non-hydrogen) atoms. The lowest BCUT2D eigenvalue weighted by molar-refractivity contribution is 0.114. The molecule has 1 aliphatic rings. The standard InChI is InChI=1S/C21H20N4O/c1-21(26)9-7-14(8-10-21)15-5-6-18-17(12-15)20(22-2)25-19(24-18)16-4-3-11-23-13-16/h3-9,11-13,26H,10H2,1-2H3,(H,22,24,25). The van der Waals surface area contributed by atoms with Crippen LogP contribution >= 0.6 is 0 Å². The highest BCUT2D eigenvalue weighted by Gasteiger charge is 2.19. The lowest BCUT2D eigenvalue weighted by Gasteiger charge is -2.21. The second kappa shape index (κ2) is 6.35. The van der Waals surface area contributed by atoms with Crippen LogP contribution in [0.4, 0.5) is 5.82 Å². The third-order valence-electron chi connectivity index (χ3n) is 4.54. The smallest absolute Gasteiger partial charge is 0.163 e. The van der Waals surface area contributed by atoms with E-state index in [9.17, 15) is 5.11 Å². The molecule has 130 valence electrons. The first-order chi connectivity index (χ1) is 12.6. The van der Waals surface area contributed by atoms with Crippen molar-refractivity contribution in [1.82, 2.24) is 15.0 Å². The van der Waals surface area contributed by atoms with Crippen LogP contribution < -0.4 is 5.32 Å². The number of pyridine rings is 1. The summed E-state index contributed by atoms with van der Waals surface area (Å²) >= 11 is 0. The lowest BCUT2D eigenvalue weighted by Crippen LogP contribution is -2.21. The van der Waals surface area contributed by atoms with Crippen LogP contribution in [0.1, 0.15) is 18.9 Å². The Kier molecular flexibility index (Phi) is 4.01. The van der Waals surface area contributed by atoms with Gasteiger partial charge in [-0.2, -0.15) is 0 Å². The van der Waals surface area contributed by atoms with E-state index < -0.39 is 5.60 Å². The van der Waals surface area contributed by atoms with E-state index in [4.69, 9.17) is 4.98 Å². The van der Waals surface area contributed by atoms with Gasteiger partial charge in [0.05, 0.1) is 11.1 Å². The summed E-state index contributed by atoms with van der Waals surface area (Å²) in [6, 6.07) is 9.98. The molecule has 0 fully saturated rings.